The van der Waals surface area contributed by atoms with E-state index in [4.69, 9.17) is 4.74 Å². The summed E-state index contributed by atoms with van der Waals surface area (Å²) in [6.07, 6.45) is 1.64. The number of aromatic nitrogens is 1. The summed E-state index contributed by atoms with van der Waals surface area (Å²) >= 11 is 4.66. The summed E-state index contributed by atoms with van der Waals surface area (Å²) in [6.45, 7) is 0.184. The van der Waals surface area contributed by atoms with Crippen molar-refractivity contribution in [2.45, 2.75) is 11.4 Å². The number of rotatable bonds is 5. The van der Waals surface area contributed by atoms with Crippen molar-refractivity contribution in [3.8, 4) is 5.75 Å². The summed E-state index contributed by atoms with van der Waals surface area (Å²) in [6, 6.07) is 4.60. The van der Waals surface area contributed by atoms with Crippen molar-refractivity contribution in [1.82, 2.24) is 9.71 Å². The van der Waals surface area contributed by atoms with Gasteiger partial charge in [-0.15, -0.1) is 11.3 Å². The molecule has 0 fully saturated rings. The van der Waals surface area contributed by atoms with Gasteiger partial charge in [-0.05, 0) is 34.1 Å². The molecular weight excluding hydrogens is 352 g/mol. The number of benzene rings is 1. The van der Waals surface area contributed by atoms with Crippen LogP contribution in [0.2, 0.25) is 0 Å². The molecule has 1 N–H and O–H groups in total. The third-order valence-electron chi connectivity index (χ3n) is 2.33. The van der Waals surface area contributed by atoms with E-state index in [0.29, 0.717) is 10.2 Å². The van der Waals surface area contributed by atoms with Gasteiger partial charge in [0.2, 0.25) is 10.0 Å². The molecule has 0 atom stereocenters. The number of hydrogen-bond acceptors (Lipinski definition) is 5. The van der Waals surface area contributed by atoms with E-state index in [2.05, 4.69) is 25.6 Å². The van der Waals surface area contributed by atoms with Crippen molar-refractivity contribution >= 4 is 37.3 Å². The first-order valence-corrected chi connectivity index (χ1v) is 8.40. The minimum atomic E-state index is -3.55. The maximum absolute atomic E-state index is 12.1. The Balaban J connectivity index is 2.17. The number of methoxy groups -OCH3 is 1. The summed E-state index contributed by atoms with van der Waals surface area (Å²) in [5.74, 6) is 0.582. The number of hydrogen-bond donors (Lipinski definition) is 1. The summed E-state index contributed by atoms with van der Waals surface area (Å²) in [7, 11) is -2.03. The van der Waals surface area contributed by atoms with Crippen LogP contribution in [-0.4, -0.2) is 20.5 Å². The van der Waals surface area contributed by atoms with Gasteiger partial charge in [0, 0.05) is 11.6 Å². The molecule has 1 aromatic carbocycles. The maximum Gasteiger partial charge on any atom is 0.240 e. The van der Waals surface area contributed by atoms with Crippen molar-refractivity contribution in [2.24, 2.45) is 0 Å². The average Bonchev–Trinajstić information content (AvgIpc) is 2.89. The zero-order valence-electron chi connectivity index (χ0n) is 9.96. The number of thiazole rings is 1. The predicted molar refractivity (Wildman–Crippen MR) is 76.8 cm³/mol. The van der Waals surface area contributed by atoms with E-state index >= 15 is 0 Å². The lowest BCUT2D eigenvalue weighted by Gasteiger charge is -2.08. The van der Waals surface area contributed by atoms with Gasteiger partial charge in [0.05, 0.1) is 23.0 Å². The molecule has 102 valence electrons. The summed E-state index contributed by atoms with van der Waals surface area (Å²) in [4.78, 5) is 4.20. The molecule has 0 bridgehead atoms. The normalized spacial score (nSPS) is 11.5. The highest BCUT2D eigenvalue weighted by molar-refractivity contribution is 9.10. The zero-order valence-corrected chi connectivity index (χ0v) is 13.2. The molecule has 5 nitrogen and oxygen atoms in total. The van der Waals surface area contributed by atoms with Crippen LogP contribution in [0.4, 0.5) is 0 Å². The van der Waals surface area contributed by atoms with Gasteiger partial charge < -0.3 is 4.74 Å². The minimum Gasteiger partial charge on any atom is -0.496 e. The fourth-order valence-electron chi connectivity index (χ4n) is 1.39. The third-order valence-corrected chi connectivity index (χ3v) is 5.13. The third kappa shape index (κ3) is 3.53. The molecule has 2 aromatic rings. The summed E-state index contributed by atoms with van der Waals surface area (Å²) in [5.41, 5.74) is 0. The molecule has 2 rings (SSSR count). The Morgan fingerprint density at radius 1 is 1.47 bits per heavy atom. The molecule has 0 saturated carbocycles. The average molecular weight is 363 g/mol. The highest BCUT2D eigenvalue weighted by Gasteiger charge is 2.16. The molecule has 0 aliphatic heterocycles. The molecule has 0 amide bonds. The van der Waals surface area contributed by atoms with E-state index in [1.54, 1.807) is 17.6 Å². The van der Waals surface area contributed by atoms with Crippen LogP contribution in [0.25, 0.3) is 0 Å². The fourth-order valence-corrected chi connectivity index (χ4v) is 3.75. The Kier molecular flexibility index (Phi) is 4.56. The zero-order chi connectivity index (χ0) is 13.9. The lowest BCUT2D eigenvalue weighted by molar-refractivity contribution is 0.411. The Labute approximate surface area is 123 Å². The van der Waals surface area contributed by atoms with Gasteiger partial charge in [0.1, 0.15) is 10.8 Å². The molecular formula is C11H11BrN2O3S2. The van der Waals surface area contributed by atoms with Crippen LogP contribution >= 0.6 is 27.3 Å². The van der Waals surface area contributed by atoms with Gasteiger partial charge in [-0.1, -0.05) is 0 Å². The minimum absolute atomic E-state index is 0.178. The van der Waals surface area contributed by atoms with Crippen molar-refractivity contribution in [2.75, 3.05) is 7.11 Å². The summed E-state index contributed by atoms with van der Waals surface area (Å²) < 4.78 is 32.3. The van der Waals surface area contributed by atoms with Gasteiger partial charge in [-0.2, -0.15) is 0 Å². The Morgan fingerprint density at radius 2 is 2.26 bits per heavy atom. The molecule has 1 aromatic heterocycles. The van der Waals surface area contributed by atoms with Crippen LogP contribution in [0.3, 0.4) is 0 Å². The van der Waals surface area contributed by atoms with Gasteiger partial charge >= 0.3 is 0 Å². The second kappa shape index (κ2) is 6.00. The fraction of sp³-hybridized carbons (Fsp3) is 0.182. The van der Waals surface area contributed by atoms with Gasteiger partial charge in [-0.3, -0.25) is 0 Å². The first-order chi connectivity index (χ1) is 9.03. The number of ether oxygens (including phenoxy) is 1. The highest BCUT2D eigenvalue weighted by atomic mass is 79.9. The SMILES string of the molecule is COc1ccc(S(=O)(=O)NCc2nccs2)cc1Br. The maximum atomic E-state index is 12.1. The number of sulfonamides is 1. The van der Waals surface area contributed by atoms with E-state index in [1.807, 2.05) is 0 Å². The van der Waals surface area contributed by atoms with Crippen LogP contribution in [0, 0.1) is 0 Å². The first kappa shape index (κ1) is 14.4. The lowest BCUT2D eigenvalue weighted by Crippen LogP contribution is -2.23. The van der Waals surface area contributed by atoms with Crippen LogP contribution < -0.4 is 9.46 Å². The van der Waals surface area contributed by atoms with E-state index in [0.717, 1.165) is 5.01 Å². The van der Waals surface area contributed by atoms with Crippen molar-refractivity contribution in [3.63, 3.8) is 0 Å². The Bertz CT molecular complexity index is 657. The van der Waals surface area contributed by atoms with Crippen molar-refractivity contribution in [1.29, 1.82) is 0 Å². The van der Waals surface area contributed by atoms with E-state index in [-0.39, 0.29) is 11.4 Å². The monoisotopic (exact) mass is 362 g/mol. The van der Waals surface area contributed by atoms with Crippen LogP contribution in [-0.2, 0) is 16.6 Å². The van der Waals surface area contributed by atoms with E-state index in [1.165, 1.54) is 30.6 Å². The predicted octanol–water partition coefficient (Wildman–Crippen LogP) is 2.39. The number of nitrogens with zero attached hydrogens (tertiary/aromatic N) is 1. The molecule has 19 heavy (non-hydrogen) atoms. The van der Waals surface area contributed by atoms with E-state index < -0.39 is 10.0 Å². The largest absolute Gasteiger partial charge is 0.496 e. The van der Waals surface area contributed by atoms with Crippen molar-refractivity contribution < 1.29 is 13.2 Å². The molecule has 0 unspecified atom stereocenters. The van der Waals surface area contributed by atoms with Gasteiger partial charge in [0.15, 0.2) is 0 Å². The second-order valence-corrected chi connectivity index (χ2v) is 7.15. The summed E-state index contributed by atoms with van der Waals surface area (Å²) in [5, 5.41) is 2.52. The number of nitrogens with one attached hydrogen (secondary N) is 1. The molecule has 8 heteroatoms. The van der Waals surface area contributed by atoms with Gasteiger partial charge in [-0.25, -0.2) is 18.1 Å². The Hall–Kier alpha value is -0.960. The molecule has 0 spiro atoms. The van der Waals surface area contributed by atoms with Crippen molar-refractivity contribution in [3.05, 3.63) is 39.3 Å². The van der Waals surface area contributed by atoms with Crippen LogP contribution in [0.1, 0.15) is 5.01 Å². The topological polar surface area (TPSA) is 68.3 Å². The smallest absolute Gasteiger partial charge is 0.240 e. The molecule has 1 heterocycles. The van der Waals surface area contributed by atoms with Crippen LogP contribution in [0.5, 0.6) is 5.75 Å². The lowest BCUT2D eigenvalue weighted by atomic mass is 10.3. The van der Waals surface area contributed by atoms with Crippen LogP contribution in [0.15, 0.2) is 39.1 Å². The number of halogens is 1. The molecule has 0 radical (unpaired) electrons. The molecule has 0 saturated heterocycles. The first-order valence-electron chi connectivity index (χ1n) is 5.24. The van der Waals surface area contributed by atoms with Gasteiger partial charge in [0.25, 0.3) is 0 Å². The Morgan fingerprint density at radius 3 is 2.84 bits per heavy atom. The standard InChI is InChI=1S/C11H11BrN2O3S2/c1-17-10-3-2-8(6-9(10)12)19(15,16)14-7-11-13-4-5-18-11/h2-6,14H,7H2,1H3. The quantitative estimate of drug-likeness (QED) is 0.886. The molecule has 0 aliphatic rings. The molecule has 0 aliphatic carbocycles. The second-order valence-electron chi connectivity index (χ2n) is 3.55. The van der Waals surface area contributed by atoms with E-state index in [9.17, 15) is 8.42 Å². The highest BCUT2D eigenvalue weighted by Crippen LogP contribution is 2.27.